The number of aromatic nitrogens is 2. The van der Waals surface area contributed by atoms with Gasteiger partial charge in [-0.05, 0) is 26.8 Å². The summed E-state index contributed by atoms with van der Waals surface area (Å²) in [4.78, 5) is 11.8. The Morgan fingerprint density at radius 1 is 1.30 bits per heavy atom. The van der Waals surface area contributed by atoms with Crippen LogP contribution in [-0.4, -0.2) is 27.8 Å². The first-order valence-electron chi connectivity index (χ1n) is 6.93. The number of fused-ring (bicyclic) bond motifs is 1. The Hall–Kier alpha value is -1.88. The average Bonchev–Trinajstić information content (AvgIpc) is 2.73. The first-order chi connectivity index (χ1) is 9.49. The summed E-state index contributed by atoms with van der Waals surface area (Å²) in [5.41, 5.74) is 2.07. The molecule has 1 aromatic heterocycles. The monoisotopic (exact) mass is 274 g/mol. The molecule has 108 valence electrons. The second kappa shape index (κ2) is 6.05. The average molecular weight is 274 g/mol. The summed E-state index contributed by atoms with van der Waals surface area (Å²) in [5, 5.41) is 11.7. The maximum atomic E-state index is 11.8. The summed E-state index contributed by atoms with van der Waals surface area (Å²) in [6, 6.07) is 8.02. The molecule has 2 rings (SSSR count). The van der Waals surface area contributed by atoms with Crippen molar-refractivity contribution in [3.63, 3.8) is 0 Å². The molecule has 1 aromatic carbocycles. The number of hydrogen-bond donors (Lipinski definition) is 2. The smallest absolute Gasteiger partial charge is 0.237 e. The minimum atomic E-state index is -0.238. The summed E-state index contributed by atoms with van der Waals surface area (Å²) >= 11 is 0. The Morgan fingerprint density at radius 2 is 2.00 bits per heavy atom. The molecule has 0 aliphatic rings. The highest BCUT2D eigenvalue weighted by molar-refractivity contribution is 5.83. The largest absolute Gasteiger partial charge is 0.353 e. The number of rotatable bonds is 5. The molecule has 1 heterocycles. The molecule has 0 bridgehead atoms. The van der Waals surface area contributed by atoms with Crippen molar-refractivity contribution in [2.75, 3.05) is 0 Å². The first kappa shape index (κ1) is 14.5. The number of nitrogens with zero attached hydrogens (tertiary/aromatic N) is 2. The fourth-order valence-electron chi connectivity index (χ4n) is 2.17. The topological polar surface area (TPSA) is 59.0 Å². The lowest BCUT2D eigenvalue weighted by Gasteiger charge is -2.15. The van der Waals surface area contributed by atoms with Crippen LogP contribution < -0.4 is 10.6 Å². The van der Waals surface area contributed by atoms with Gasteiger partial charge in [0.05, 0.1) is 17.3 Å². The second-order valence-electron chi connectivity index (χ2n) is 5.35. The van der Waals surface area contributed by atoms with Gasteiger partial charge in [-0.2, -0.15) is 5.10 Å². The van der Waals surface area contributed by atoms with E-state index in [2.05, 4.69) is 21.8 Å². The van der Waals surface area contributed by atoms with Crippen molar-refractivity contribution in [3.8, 4) is 0 Å². The van der Waals surface area contributed by atoms with Gasteiger partial charge in [0, 0.05) is 25.0 Å². The van der Waals surface area contributed by atoms with Gasteiger partial charge < -0.3 is 10.6 Å². The SMILES string of the molecule is CC(C)NC(=O)C(C)NCc1nn(C)c2ccccc12. The quantitative estimate of drug-likeness (QED) is 0.870. The molecule has 0 radical (unpaired) electrons. The second-order valence-corrected chi connectivity index (χ2v) is 5.35. The zero-order valence-electron chi connectivity index (χ0n) is 12.5. The number of amides is 1. The Kier molecular flexibility index (Phi) is 4.39. The van der Waals surface area contributed by atoms with Crippen molar-refractivity contribution in [3.05, 3.63) is 30.0 Å². The van der Waals surface area contributed by atoms with Gasteiger partial charge in [-0.25, -0.2) is 0 Å². The minimum Gasteiger partial charge on any atom is -0.353 e. The maximum absolute atomic E-state index is 11.8. The van der Waals surface area contributed by atoms with E-state index in [0.717, 1.165) is 16.6 Å². The molecule has 1 unspecified atom stereocenters. The molecule has 5 heteroatoms. The number of hydrogen-bond acceptors (Lipinski definition) is 3. The number of nitrogens with one attached hydrogen (secondary N) is 2. The number of carbonyl (C=O) groups excluding carboxylic acids is 1. The van der Waals surface area contributed by atoms with Crippen LogP contribution in [0.25, 0.3) is 10.9 Å². The third kappa shape index (κ3) is 3.17. The van der Waals surface area contributed by atoms with Crippen molar-refractivity contribution in [2.45, 2.75) is 39.4 Å². The molecular weight excluding hydrogens is 252 g/mol. The predicted molar refractivity (Wildman–Crippen MR) is 80.3 cm³/mol. The maximum Gasteiger partial charge on any atom is 0.237 e. The molecule has 5 nitrogen and oxygen atoms in total. The molecule has 2 aromatic rings. The van der Waals surface area contributed by atoms with Gasteiger partial charge >= 0.3 is 0 Å². The van der Waals surface area contributed by atoms with Crippen LogP contribution in [0, 0.1) is 0 Å². The van der Waals surface area contributed by atoms with Crippen LogP contribution in [0.2, 0.25) is 0 Å². The van der Waals surface area contributed by atoms with E-state index in [-0.39, 0.29) is 18.0 Å². The number of para-hydroxylation sites is 1. The van der Waals surface area contributed by atoms with Crippen LogP contribution in [-0.2, 0) is 18.4 Å². The molecule has 20 heavy (non-hydrogen) atoms. The van der Waals surface area contributed by atoms with Crippen LogP contribution in [0.1, 0.15) is 26.5 Å². The number of benzene rings is 1. The fourth-order valence-corrected chi connectivity index (χ4v) is 2.17. The van der Waals surface area contributed by atoms with Gasteiger partial charge in [-0.3, -0.25) is 9.48 Å². The third-order valence-electron chi connectivity index (χ3n) is 3.23. The van der Waals surface area contributed by atoms with E-state index in [9.17, 15) is 4.79 Å². The van der Waals surface area contributed by atoms with Gasteiger partial charge in [-0.15, -0.1) is 0 Å². The van der Waals surface area contributed by atoms with Gasteiger partial charge in [0.25, 0.3) is 0 Å². The fraction of sp³-hybridized carbons (Fsp3) is 0.467. The van der Waals surface area contributed by atoms with Crippen LogP contribution in [0.4, 0.5) is 0 Å². The van der Waals surface area contributed by atoms with Crippen molar-refractivity contribution < 1.29 is 4.79 Å². The van der Waals surface area contributed by atoms with E-state index in [1.807, 2.05) is 50.7 Å². The lowest BCUT2D eigenvalue weighted by molar-refractivity contribution is -0.123. The molecule has 1 atom stereocenters. The van der Waals surface area contributed by atoms with Crippen molar-refractivity contribution in [2.24, 2.45) is 7.05 Å². The summed E-state index contributed by atoms with van der Waals surface area (Å²) in [7, 11) is 1.93. The summed E-state index contributed by atoms with van der Waals surface area (Å²) in [6.07, 6.45) is 0. The third-order valence-corrected chi connectivity index (χ3v) is 3.23. The Labute approximate surface area is 119 Å². The minimum absolute atomic E-state index is 0.0141. The van der Waals surface area contributed by atoms with Gasteiger partial charge in [0.1, 0.15) is 0 Å². The predicted octanol–water partition coefficient (Wildman–Crippen LogP) is 1.58. The Balaban J connectivity index is 2.04. The lowest BCUT2D eigenvalue weighted by Crippen LogP contribution is -2.44. The number of carbonyl (C=O) groups is 1. The highest BCUT2D eigenvalue weighted by atomic mass is 16.2. The van der Waals surface area contributed by atoms with E-state index in [1.54, 1.807) is 0 Å². The molecule has 0 aliphatic heterocycles. The van der Waals surface area contributed by atoms with Gasteiger partial charge in [0.15, 0.2) is 0 Å². The van der Waals surface area contributed by atoms with E-state index >= 15 is 0 Å². The molecular formula is C15H22N4O. The van der Waals surface area contributed by atoms with Crippen LogP contribution >= 0.6 is 0 Å². The van der Waals surface area contributed by atoms with Crippen molar-refractivity contribution >= 4 is 16.8 Å². The van der Waals surface area contributed by atoms with E-state index in [1.165, 1.54) is 0 Å². The van der Waals surface area contributed by atoms with Crippen LogP contribution in [0.5, 0.6) is 0 Å². The first-order valence-corrected chi connectivity index (χ1v) is 6.93. The van der Waals surface area contributed by atoms with Gasteiger partial charge in [-0.1, -0.05) is 18.2 Å². The van der Waals surface area contributed by atoms with Crippen LogP contribution in [0.3, 0.4) is 0 Å². The molecule has 0 saturated heterocycles. The highest BCUT2D eigenvalue weighted by Crippen LogP contribution is 2.17. The zero-order chi connectivity index (χ0) is 14.7. The molecule has 0 fully saturated rings. The molecule has 1 amide bonds. The van der Waals surface area contributed by atoms with Gasteiger partial charge in [0.2, 0.25) is 5.91 Å². The molecule has 0 spiro atoms. The summed E-state index contributed by atoms with van der Waals surface area (Å²) in [6.45, 7) is 6.35. The van der Waals surface area contributed by atoms with Crippen molar-refractivity contribution in [1.29, 1.82) is 0 Å². The number of aryl methyl sites for hydroxylation is 1. The lowest BCUT2D eigenvalue weighted by atomic mass is 10.2. The van der Waals surface area contributed by atoms with E-state index < -0.39 is 0 Å². The zero-order valence-corrected chi connectivity index (χ0v) is 12.5. The Morgan fingerprint density at radius 3 is 2.70 bits per heavy atom. The van der Waals surface area contributed by atoms with E-state index in [0.29, 0.717) is 6.54 Å². The highest BCUT2D eigenvalue weighted by Gasteiger charge is 2.14. The van der Waals surface area contributed by atoms with Crippen LogP contribution in [0.15, 0.2) is 24.3 Å². The summed E-state index contributed by atoms with van der Waals surface area (Å²) < 4.78 is 1.87. The summed E-state index contributed by atoms with van der Waals surface area (Å²) in [5.74, 6) is 0.0141. The Bertz CT molecular complexity index is 603. The van der Waals surface area contributed by atoms with E-state index in [4.69, 9.17) is 0 Å². The molecule has 0 aliphatic carbocycles. The standard InChI is InChI=1S/C15H22N4O/c1-10(2)17-15(20)11(3)16-9-13-12-7-5-6-8-14(12)19(4)18-13/h5-8,10-11,16H,9H2,1-4H3,(H,17,20). The normalized spacial score (nSPS) is 12.8. The molecule has 0 saturated carbocycles. The van der Waals surface area contributed by atoms with Crippen molar-refractivity contribution in [1.82, 2.24) is 20.4 Å². The molecule has 2 N–H and O–H groups in total.